The fraction of sp³-hybridized carbons (Fsp3) is 0.412. The van der Waals surface area contributed by atoms with Crippen molar-refractivity contribution in [1.82, 2.24) is 4.90 Å². The second-order valence-corrected chi connectivity index (χ2v) is 5.52. The number of rotatable bonds is 6. The average molecular weight is 286 g/mol. The van der Waals surface area contributed by atoms with Crippen molar-refractivity contribution < 1.29 is 9.63 Å². The Bertz CT molecular complexity index is 523. The van der Waals surface area contributed by atoms with Gasteiger partial charge in [0, 0.05) is 18.9 Å². The molecule has 0 spiro atoms. The summed E-state index contributed by atoms with van der Waals surface area (Å²) in [4.78, 5) is 19.4. The van der Waals surface area contributed by atoms with Gasteiger partial charge in [0.25, 0.3) is 0 Å². The van der Waals surface area contributed by atoms with Gasteiger partial charge in [0.15, 0.2) is 6.10 Å². The van der Waals surface area contributed by atoms with Crippen molar-refractivity contribution in [3.63, 3.8) is 0 Å². The van der Waals surface area contributed by atoms with E-state index in [9.17, 15) is 4.79 Å². The Balaban J connectivity index is 1.96. The fourth-order valence-electron chi connectivity index (χ4n) is 2.35. The van der Waals surface area contributed by atoms with Gasteiger partial charge in [-0.3, -0.25) is 4.79 Å². The van der Waals surface area contributed by atoms with E-state index < -0.39 is 0 Å². The first kappa shape index (κ1) is 15.3. The standard InChI is InChI=1S/C17H22N2O2/c1-4-10-19(17(20)13(2)3)12-15-11-16(18-21-15)14-8-6-5-7-9-14/h4-9,13,15H,1,10-12H2,2-3H3. The lowest BCUT2D eigenvalue weighted by molar-refractivity contribution is -0.135. The van der Waals surface area contributed by atoms with E-state index in [2.05, 4.69) is 11.7 Å². The molecule has 4 nitrogen and oxygen atoms in total. The summed E-state index contributed by atoms with van der Waals surface area (Å²) >= 11 is 0. The third kappa shape index (κ3) is 3.94. The summed E-state index contributed by atoms with van der Waals surface area (Å²) < 4.78 is 0. The van der Waals surface area contributed by atoms with Crippen molar-refractivity contribution in [3.8, 4) is 0 Å². The Labute approximate surface area is 126 Å². The molecule has 0 radical (unpaired) electrons. The molecule has 112 valence electrons. The predicted octanol–water partition coefficient (Wildman–Crippen LogP) is 2.85. The molecule has 0 N–H and O–H groups in total. The Hall–Kier alpha value is -2.10. The molecule has 21 heavy (non-hydrogen) atoms. The van der Waals surface area contributed by atoms with Crippen LogP contribution in [-0.2, 0) is 9.63 Å². The molecule has 0 saturated heterocycles. The van der Waals surface area contributed by atoms with Gasteiger partial charge in [0.2, 0.25) is 5.91 Å². The lowest BCUT2D eigenvalue weighted by atomic mass is 10.0. The van der Waals surface area contributed by atoms with Crippen LogP contribution in [0.15, 0.2) is 48.1 Å². The van der Waals surface area contributed by atoms with Gasteiger partial charge in [0.05, 0.1) is 12.3 Å². The summed E-state index contributed by atoms with van der Waals surface area (Å²) in [5.74, 6) is 0.0903. The maximum Gasteiger partial charge on any atom is 0.225 e. The average Bonchev–Trinajstić information content (AvgIpc) is 2.95. The third-order valence-corrected chi connectivity index (χ3v) is 3.42. The maximum absolute atomic E-state index is 12.2. The van der Waals surface area contributed by atoms with Crippen molar-refractivity contribution in [2.45, 2.75) is 26.4 Å². The van der Waals surface area contributed by atoms with Crippen molar-refractivity contribution in [1.29, 1.82) is 0 Å². The number of nitrogens with zero attached hydrogens (tertiary/aromatic N) is 2. The van der Waals surface area contributed by atoms with Gasteiger partial charge in [-0.1, -0.05) is 55.4 Å². The molecular weight excluding hydrogens is 264 g/mol. The highest BCUT2D eigenvalue weighted by Gasteiger charge is 2.26. The number of carbonyl (C=O) groups is 1. The minimum absolute atomic E-state index is 0.0270. The molecule has 0 bridgehead atoms. The lowest BCUT2D eigenvalue weighted by Crippen LogP contribution is -2.40. The molecule has 0 aliphatic carbocycles. The van der Waals surface area contributed by atoms with Gasteiger partial charge in [-0.15, -0.1) is 6.58 Å². The largest absolute Gasteiger partial charge is 0.390 e. The number of hydrogen-bond donors (Lipinski definition) is 0. The van der Waals surface area contributed by atoms with E-state index in [1.54, 1.807) is 11.0 Å². The summed E-state index contributed by atoms with van der Waals surface area (Å²) in [7, 11) is 0. The molecule has 1 aliphatic rings. The molecule has 0 saturated carbocycles. The highest BCUT2D eigenvalue weighted by molar-refractivity contribution is 6.01. The van der Waals surface area contributed by atoms with Crippen molar-refractivity contribution in [2.75, 3.05) is 13.1 Å². The molecule has 2 rings (SSSR count). The zero-order valence-electron chi connectivity index (χ0n) is 12.7. The number of benzene rings is 1. The molecule has 1 amide bonds. The number of carbonyl (C=O) groups excluding carboxylic acids is 1. The Morgan fingerprint density at radius 2 is 2.19 bits per heavy atom. The predicted molar refractivity (Wildman–Crippen MR) is 84.1 cm³/mol. The maximum atomic E-state index is 12.2. The number of amides is 1. The zero-order chi connectivity index (χ0) is 15.2. The summed E-state index contributed by atoms with van der Waals surface area (Å²) in [6.45, 7) is 8.60. The summed E-state index contributed by atoms with van der Waals surface area (Å²) in [5.41, 5.74) is 2.02. The monoisotopic (exact) mass is 286 g/mol. The van der Waals surface area contributed by atoms with Crippen LogP contribution in [0.4, 0.5) is 0 Å². The highest BCUT2D eigenvalue weighted by atomic mass is 16.6. The third-order valence-electron chi connectivity index (χ3n) is 3.42. The first-order valence-electron chi connectivity index (χ1n) is 7.29. The van der Waals surface area contributed by atoms with Gasteiger partial charge >= 0.3 is 0 Å². The molecule has 1 unspecified atom stereocenters. The lowest BCUT2D eigenvalue weighted by Gasteiger charge is -2.25. The van der Waals surface area contributed by atoms with Crippen LogP contribution in [0, 0.1) is 5.92 Å². The van der Waals surface area contributed by atoms with E-state index in [1.807, 2.05) is 44.2 Å². The van der Waals surface area contributed by atoms with E-state index in [-0.39, 0.29) is 17.9 Å². The first-order chi connectivity index (χ1) is 10.1. The van der Waals surface area contributed by atoms with Crippen molar-refractivity contribution in [2.24, 2.45) is 11.1 Å². The van der Waals surface area contributed by atoms with Crippen LogP contribution >= 0.6 is 0 Å². The second kappa shape index (κ2) is 7.07. The first-order valence-corrected chi connectivity index (χ1v) is 7.29. The molecular formula is C17H22N2O2. The Kier molecular flexibility index (Phi) is 5.14. The van der Waals surface area contributed by atoms with Crippen molar-refractivity contribution >= 4 is 11.6 Å². The normalized spacial score (nSPS) is 17.3. The molecule has 1 aliphatic heterocycles. The fourth-order valence-corrected chi connectivity index (χ4v) is 2.35. The van der Waals surface area contributed by atoms with Crippen LogP contribution in [0.2, 0.25) is 0 Å². The summed E-state index contributed by atoms with van der Waals surface area (Å²) in [6.07, 6.45) is 2.39. The van der Waals surface area contributed by atoms with E-state index in [1.165, 1.54) is 0 Å². The van der Waals surface area contributed by atoms with Crippen LogP contribution in [0.5, 0.6) is 0 Å². The molecule has 4 heteroatoms. The Morgan fingerprint density at radius 3 is 2.81 bits per heavy atom. The molecule has 0 aromatic heterocycles. The Morgan fingerprint density at radius 1 is 1.48 bits per heavy atom. The van der Waals surface area contributed by atoms with Crippen molar-refractivity contribution in [3.05, 3.63) is 48.6 Å². The second-order valence-electron chi connectivity index (χ2n) is 5.52. The van der Waals surface area contributed by atoms with Crippen LogP contribution in [0.3, 0.4) is 0 Å². The summed E-state index contributed by atoms with van der Waals surface area (Å²) in [6, 6.07) is 9.98. The van der Waals surface area contributed by atoms with E-state index in [0.717, 1.165) is 17.7 Å². The number of hydrogen-bond acceptors (Lipinski definition) is 3. The smallest absolute Gasteiger partial charge is 0.225 e. The van der Waals surface area contributed by atoms with Gasteiger partial charge in [-0.05, 0) is 5.56 Å². The van der Waals surface area contributed by atoms with Gasteiger partial charge < -0.3 is 9.74 Å². The topological polar surface area (TPSA) is 41.9 Å². The van der Waals surface area contributed by atoms with Gasteiger partial charge in [0.1, 0.15) is 0 Å². The summed E-state index contributed by atoms with van der Waals surface area (Å²) in [5, 5.41) is 4.16. The molecule has 1 aromatic carbocycles. The molecule has 0 fully saturated rings. The van der Waals surface area contributed by atoms with E-state index in [0.29, 0.717) is 13.1 Å². The minimum atomic E-state index is -0.0807. The molecule has 1 heterocycles. The number of oxime groups is 1. The van der Waals surface area contributed by atoms with E-state index >= 15 is 0 Å². The zero-order valence-corrected chi connectivity index (χ0v) is 12.7. The minimum Gasteiger partial charge on any atom is -0.390 e. The van der Waals surface area contributed by atoms with Gasteiger partial charge in [-0.25, -0.2) is 0 Å². The van der Waals surface area contributed by atoms with E-state index in [4.69, 9.17) is 4.84 Å². The molecule has 1 aromatic rings. The van der Waals surface area contributed by atoms with Gasteiger partial charge in [-0.2, -0.15) is 0 Å². The van der Waals surface area contributed by atoms with Crippen LogP contribution in [-0.4, -0.2) is 35.7 Å². The van der Waals surface area contributed by atoms with Crippen LogP contribution < -0.4 is 0 Å². The highest BCUT2D eigenvalue weighted by Crippen LogP contribution is 2.18. The quantitative estimate of drug-likeness (QED) is 0.755. The molecule has 1 atom stereocenters. The SMILES string of the molecule is C=CCN(CC1CC(c2ccccc2)=NO1)C(=O)C(C)C. The van der Waals surface area contributed by atoms with Crippen LogP contribution in [0.1, 0.15) is 25.8 Å². The van der Waals surface area contributed by atoms with Crippen LogP contribution in [0.25, 0.3) is 0 Å².